The van der Waals surface area contributed by atoms with Gasteiger partial charge in [-0.25, -0.2) is 0 Å². The summed E-state index contributed by atoms with van der Waals surface area (Å²) in [4.78, 5) is 12.2. The van der Waals surface area contributed by atoms with Crippen molar-refractivity contribution in [3.63, 3.8) is 0 Å². The normalized spacial score (nSPS) is 61.0. The molecular weight excluding hydrogens is 300 g/mol. The monoisotopic (exact) mass is 334 g/mol. The molecule has 3 unspecified atom stereocenters. The van der Waals surface area contributed by atoms with Gasteiger partial charge in [0, 0.05) is 5.92 Å². The molecule has 3 fully saturated rings. The van der Waals surface area contributed by atoms with Crippen LogP contribution in [0.5, 0.6) is 0 Å². The summed E-state index contributed by atoms with van der Waals surface area (Å²) in [5.41, 5.74) is 0.437. The van der Waals surface area contributed by atoms with Crippen LogP contribution >= 0.6 is 0 Å². The Hall–Kier alpha value is -0.670. The van der Waals surface area contributed by atoms with E-state index in [-0.39, 0.29) is 34.4 Å². The van der Waals surface area contributed by atoms with Crippen molar-refractivity contribution < 1.29 is 17.7 Å². The number of ketones is 1. The predicted molar refractivity (Wildman–Crippen MR) is 93.3 cm³/mol. The molecule has 3 heteroatoms. The molecule has 0 aromatic carbocycles. The van der Waals surface area contributed by atoms with Crippen LogP contribution in [0, 0.1) is 34.5 Å². The number of allylic oxidation sites excluding steroid dienone is 1. The molecule has 3 nitrogen and oxygen atoms in total. The van der Waals surface area contributed by atoms with Crippen molar-refractivity contribution in [3.8, 4) is 0 Å². The number of fused-ring (bicyclic) bond motifs is 5. The molecule has 8 atom stereocenters. The van der Waals surface area contributed by atoms with Crippen LogP contribution in [0.4, 0.5) is 0 Å². The van der Waals surface area contributed by atoms with E-state index in [1.165, 1.54) is 0 Å². The Balaban J connectivity index is 1.77. The van der Waals surface area contributed by atoms with Crippen molar-refractivity contribution in [1.82, 2.24) is 0 Å². The lowest BCUT2D eigenvalue weighted by Gasteiger charge is -2.60. The lowest BCUT2D eigenvalue weighted by molar-refractivity contribution is -0.142. The average Bonchev–Trinajstić information content (AvgIpc) is 2.83. The van der Waals surface area contributed by atoms with Crippen molar-refractivity contribution in [2.45, 2.75) is 77.9 Å². The lowest BCUT2D eigenvalue weighted by Crippen LogP contribution is -2.57. The van der Waals surface area contributed by atoms with Crippen molar-refractivity contribution >= 4 is 5.78 Å². The zero-order valence-electron chi connectivity index (χ0n) is 17.1. The van der Waals surface area contributed by atoms with Crippen molar-refractivity contribution in [1.29, 1.82) is 0 Å². The highest BCUT2D eigenvalue weighted by Crippen LogP contribution is 2.66. The van der Waals surface area contributed by atoms with Gasteiger partial charge in [0.25, 0.3) is 0 Å². The second-order valence-electron chi connectivity index (χ2n) is 9.28. The van der Waals surface area contributed by atoms with Gasteiger partial charge in [-0.15, -0.1) is 0 Å². The van der Waals surface area contributed by atoms with Crippen LogP contribution in [-0.2, 0) is 4.79 Å². The van der Waals surface area contributed by atoms with Gasteiger partial charge in [0.2, 0.25) is 0 Å². The molecule has 0 aliphatic heterocycles. The van der Waals surface area contributed by atoms with Gasteiger partial charge in [-0.1, -0.05) is 25.5 Å². The molecule has 24 heavy (non-hydrogen) atoms. The quantitative estimate of drug-likeness (QED) is 0.722. The van der Waals surface area contributed by atoms with E-state index in [0.29, 0.717) is 25.2 Å². The molecule has 0 aromatic rings. The highest BCUT2D eigenvalue weighted by molar-refractivity contribution is 5.79. The van der Waals surface area contributed by atoms with E-state index in [9.17, 15) is 15.0 Å². The summed E-state index contributed by atoms with van der Waals surface area (Å²) in [5.74, 6) is 0.584. The van der Waals surface area contributed by atoms with Crippen LogP contribution in [-0.4, -0.2) is 28.2 Å². The van der Waals surface area contributed by atoms with Crippen LogP contribution in [0.2, 0.25) is 0 Å². The molecule has 0 spiro atoms. The zero-order valence-corrected chi connectivity index (χ0v) is 15.1. The summed E-state index contributed by atoms with van der Waals surface area (Å²) in [6.07, 6.45) is 3.54. The Morgan fingerprint density at radius 1 is 1.25 bits per heavy atom. The third-order valence-electron chi connectivity index (χ3n) is 8.17. The van der Waals surface area contributed by atoms with Gasteiger partial charge in [-0.3, -0.25) is 4.79 Å². The summed E-state index contributed by atoms with van der Waals surface area (Å²) in [7, 11) is 0. The van der Waals surface area contributed by atoms with E-state index < -0.39 is 12.2 Å². The van der Waals surface area contributed by atoms with E-state index in [4.69, 9.17) is 2.74 Å². The van der Waals surface area contributed by atoms with Crippen LogP contribution in [0.15, 0.2) is 11.6 Å². The smallest absolute Gasteiger partial charge is 0.133 e. The first-order valence-electron chi connectivity index (χ1n) is 10.6. The maximum Gasteiger partial charge on any atom is 0.133 e. The van der Waals surface area contributed by atoms with E-state index in [0.717, 1.165) is 31.3 Å². The third kappa shape index (κ3) is 2.13. The SMILES string of the molecule is [2H][C@]1(O)C[C@@]2(C)C(CC[C@@H]2C(C)=O)C2CCC3=C[C@@]([2H])(O)CC[C@]3(C)C21. The van der Waals surface area contributed by atoms with Gasteiger partial charge in [0.1, 0.15) is 5.78 Å². The molecule has 3 saturated carbocycles. The fraction of sp³-hybridized carbons (Fsp3) is 0.857. The lowest BCUT2D eigenvalue weighted by atomic mass is 9.46. The molecule has 2 N–H and O–H groups in total. The number of aliphatic hydroxyl groups is 2. The summed E-state index contributed by atoms with van der Waals surface area (Å²) < 4.78 is 16.9. The van der Waals surface area contributed by atoms with Crippen LogP contribution in [0.25, 0.3) is 0 Å². The molecule has 0 aromatic heterocycles. The Morgan fingerprint density at radius 3 is 2.71 bits per heavy atom. The number of carbonyl (C=O) groups is 1. The Morgan fingerprint density at radius 2 is 2.00 bits per heavy atom. The molecule has 0 saturated heterocycles. The van der Waals surface area contributed by atoms with Crippen molar-refractivity contribution in [2.75, 3.05) is 0 Å². The highest BCUT2D eigenvalue weighted by atomic mass is 16.3. The summed E-state index contributed by atoms with van der Waals surface area (Å²) in [6, 6.07) is 0. The first-order chi connectivity index (χ1) is 11.9. The molecule has 0 radical (unpaired) electrons. The first-order valence-corrected chi connectivity index (χ1v) is 9.58. The van der Waals surface area contributed by atoms with Gasteiger partial charge < -0.3 is 10.2 Å². The van der Waals surface area contributed by atoms with Crippen LogP contribution in [0.3, 0.4) is 0 Å². The van der Waals surface area contributed by atoms with Crippen molar-refractivity contribution in [3.05, 3.63) is 11.6 Å². The zero-order chi connectivity index (χ0) is 19.1. The fourth-order valence-corrected chi connectivity index (χ4v) is 7.10. The number of hydrogen-bond acceptors (Lipinski definition) is 3. The molecule has 0 bridgehead atoms. The third-order valence-corrected chi connectivity index (χ3v) is 8.17. The molecular formula is C21H32O3. The number of Topliss-reactive ketones (excluding diaryl/α,β-unsaturated/α-hetero) is 1. The number of rotatable bonds is 1. The van der Waals surface area contributed by atoms with Crippen LogP contribution in [0.1, 0.15) is 68.5 Å². The standard InChI is InChI=1S/C21H32O3/c1-12(22)16-6-7-17-15-5-4-13-10-14(23)8-9-20(13,2)19(15)18(24)11-21(16,17)3/h10,14-19,23-24H,4-9,11H2,1-3H3/t14-,15?,16+,17?,18-,19?,20-,21+/m0/s1/i14D,18D. The Kier molecular flexibility index (Phi) is 3.27. The topological polar surface area (TPSA) is 57.5 Å². The second kappa shape index (κ2) is 5.41. The van der Waals surface area contributed by atoms with Crippen LogP contribution < -0.4 is 0 Å². The van der Waals surface area contributed by atoms with Gasteiger partial charge in [0.05, 0.1) is 14.9 Å². The van der Waals surface area contributed by atoms with Gasteiger partial charge >= 0.3 is 0 Å². The number of hydrogen-bond donors (Lipinski definition) is 2. The minimum absolute atomic E-state index is 0.0419. The van der Waals surface area contributed by atoms with E-state index in [1.807, 2.05) is 0 Å². The molecule has 134 valence electrons. The second-order valence-corrected chi connectivity index (χ2v) is 9.28. The Bertz CT molecular complexity index is 670. The highest BCUT2D eigenvalue weighted by Gasteiger charge is 2.62. The maximum atomic E-state index is 12.2. The molecule has 4 aliphatic rings. The molecule has 0 amide bonds. The minimum Gasteiger partial charge on any atom is -0.393 e. The van der Waals surface area contributed by atoms with Crippen molar-refractivity contribution in [2.24, 2.45) is 34.5 Å². The van der Waals surface area contributed by atoms with E-state index in [2.05, 4.69) is 13.8 Å². The van der Waals surface area contributed by atoms with Gasteiger partial charge in [-0.05, 0) is 80.5 Å². The molecule has 0 heterocycles. The first kappa shape index (κ1) is 14.5. The largest absolute Gasteiger partial charge is 0.393 e. The van der Waals surface area contributed by atoms with E-state index >= 15 is 0 Å². The summed E-state index contributed by atoms with van der Waals surface area (Å²) in [5, 5.41) is 21.5. The van der Waals surface area contributed by atoms with Gasteiger partial charge in [-0.2, -0.15) is 0 Å². The molecule has 4 aliphatic carbocycles. The number of carbonyl (C=O) groups excluding carboxylic acids is 1. The van der Waals surface area contributed by atoms with E-state index in [1.54, 1.807) is 13.0 Å². The minimum atomic E-state index is -1.57. The maximum absolute atomic E-state index is 12.2. The van der Waals surface area contributed by atoms with Gasteiger partial charge in [0.15, 0.2) is 0 Å². The molecule has 4 rings (SSSR count). The predicted octanol–water partition coefficient (Wildman–Crippen LogP) is 3.49. The fourth-order valence-electron chi connectivity index (χ4n) is 7.10. The summed E-state index contributed by atoms with van der Waals surface area (Å²) in [6.45, 7) is 5.92. The Labute approximate surface area is 148 Å². The summed E-state index contributed by atoms with van der Waals surface area (Å²) >= 11 is 0. The average molecular weight is 334 g/mol.